The van der Waals surface area contributed by atoms with E-state index >= 15 is 0 Å². The van der Waals surface area contributed by atoms with Crippen LogP contribution in [0.4, 0.5) is 0 Å². The molecule has 0 amide bonds. The Hall–Kier alpha value is -1.04. The zero-order chi connectivity index (χ0) is 11.4. The standard InChI is InChI=1S/C16H20/c1-9-5-13-11(3)15-7-10(2)8-16(15)12(4)14(13)6-9/h10H,1,5-8H2,2-4H3. The van der Waals surface area contributed by atoms with Crippen molar-refractivity contribution < 1.29 is 0 Å². The zero-order valence-electron chi connectivity index (χ0n) is 10.6. The summed E-state index contributed by atoms with van der Waals surface area (Å²) in [6.45, 7) is 11.2. The first kappa shape index (κ1) is 10.1. The first-order valence-corrected chi connectivity index (χ1v) is 6.37. The topological polar surface area (TPSA) is 0 Å². The van der Waals surface area contributed by atoms with Gasteiger partial charge in [0.05, 0.1) is 0 Å². The lowest BCUT2D eigenvalue weighted by Gasteiger charge is -2.14. The highest BCUT2D eigenvalue weighted by Gasteiger charge is 2.28. The lowest BCUT2D eigenvalue weighted by Crippen LogP contribution is -2.00. The van der Waals surface area contributed by atoms with Gasteiger partial charge in [-0.3, -0.25) is 0 Å². The van der Waals surface area contributed by atoms with E-state index < -0.39 is 0 Å². The van der Waals surface area contributed by atoms with Crippen molar-refractivity contribution in [3.05, 3.63) is 45.5 Å². The normalized spacial score (nSPS) is 19.1. The van der Waals surface area contributed by atoms with Gasteiger partial charge in [-0.15, -0.1) is 0 Å². The molecular formula is C16H20. The minimum Gasteiger partial charge on any atom is -0.0992 e. The molecule has 2 aliphatic rings. The Morgan fingerprint density at radius 1 is 0.875 bits per heavy atom. The number of fused-ring (bicyclic) bond motifs is 2. The maximum Gasteiger partial charge on any atom is -0.00608 e. The van der Waals surface area contributed by atoms with E-state index in [1.54, 1.807) is 33.4 Å². The smallest absolute Gasteiger partial charge is 0.00608 e. The molecule has 0 aliphatic heterocycles. The van der Waals surface area contributed by atoms with Crippen LogP contribution in [0.2, 0.25) is 0 Å². The zero-order valence-corrected chi connectivity index (χ0v) is 10.6. The highest BCUT2D eigenvalue weighted by Crippen LogP contribution is 2.40. The first-order valence-electron chi connectivity index (χ1n) is 6.37. The van der Waals surface area contributed by atoms with Gasteiger partial charge >= 0.3 is 0 Å². The third-order valence-corrected chi connectivity index (χ3v) is 4.50. The Labute approximate surface area is 98.4 Å². The van der Waals surface area contributed by atoms with Gasteiger partial charge < -0.3 is 0 Å². The molecule has 0 saturated carbocycles. The predicted molar refractivity (Wildman–Crippen MR) is 69.0 cm³/mol. The van der Waals surface area contributed by atoms with Crippen molar-refractivity contribution in [3.8, 4) is 0 Å². The van der Waals surface area contributed by atoms with Crippen LogP contribution < -0.4 is 0 Å². The lowest BCUT2D eigenvalue weighted by atomic mass is 9.90. The van der Waals surface area contributed by atoms with E-state index in [9.17, 15) is 0 Å². The van der Waals surface area contributed by atoms with Gasteiger partial charge in [-0.2, -0.15) is 0 Å². The molecule has 3 rings (SSSR count). The number of allylic oxidation sites excluding steroid dienone is 1. The molecule has 0 aromatic heterocycles. The maximum absolute atomic E-state index is 4.17. The fourth-order valence-corrected chi connectivity index (χ4v) is 3.63. The van der Waals surface area contributed by atoms with Crippen LogP contribution in [0.15, 0.2) is 12.2 Å². The van der Waals surface area contributed by atoms with E-state index in [0.29, 0.717) is 0 Å². The van der Waals surface area contributed by atoms with E-state index in [2.05, 4.69) is 27.4 Å². The number of benzene rings is 1. The largest absolute Gasteiger partial charge is 0.0992 e. The predicted octanol–water partition coefficient (Wildman–Crippen LogP) is 3.69. The SMILES string of the molecule is C=C1Cc2c(C)c3c(c(C)c2C1)CC(C)C3. The van der Waals surface area contributed by atoms with Crippen molar-refractivity contribution in [3.63, 3.8) is 0 Å². The molecule has 0 unspecified atom stereocenters. The average molecular weight is 212 g/mol. The Bertz CT molecular complexity index is 448. The van der Waals surface area contributed by atoms with Gasteiger partial charge in [0, 0.05) is 0 Å². The molecule has 0 bridgehead atoms. The highest BCUT2D eigenvalue weighted by atomic mass is 14.3. The molecule has 1 aromatic rings. The Kier molecular flexibility index (Phi) is 2.04. The van der Waals surface area contributed by atoms with E-state index in [1.807, 2.05) is 0 Å². The highest BCUT2D eigenvalue weighted by molar-refractivity contribution is 5.57. The third kappa shape index (κ3) is 1.22. The van der Waals surface area contributed by atoms with Gasteiger partial charge in [0.25, 0.3) is 0 Å². The summed E-state index contributed by atoms with van der Waals surface area (Å²) in [5, 5.41) is 0. The van der Waals surface area contributed by atoms with Gasteiger partial charge in [0.1, 0.15) is 0 Å². The summed E-state index contributed by atoms with van der Waals surface area (Å²) in [6.07, 6.45) is 4.84. The van der Waals surface area contributed by atoms with Crippen molar-refractivity contribution in [2.45, 2.75) is 46.5 Å². The van der Waals surface area contributed by atoms with Crippen molar-refractivity contribution in [2.24, 2.45) is 5.92 Å². The summed E-state index contributed by atoms with van der Waals surface area (Å²) < 4.78 is 0. The molecule has 0 heteroatoms. The average Bonchev–Trinajstić information content (AvgIpc) is 2.78. The van der Waals surface area contributed by atoms with Crippen LogP contribution in [0.3, 0.4) is 0 Å². The Morgan fingerprint density at radius 3 is 1.75 bits per heavy atom. The third-order valence-electron chi connectivity index (χ3n) is 4.50. The molecule has 2 aliphatic carbocycles. The molecular weight excluding hydrogens is 192 g/mol. The molecule has 16 heavy (non-hydrogen) atoms. The molecule has 0 heterocycles. The summed E-state index contributed by atoms with van der Waals surface area (Å²) in [7, 11) is 0. The minimum atomic E-state index is 0.845. The maximum atomic E-state index is 4.17. The fourth-order valence-electron chi connectivity index (χ4n) is 3.63. The summed E-state index contributed by atoms with van der Waals surface area (Å²) in [5.74, 6) is 0.845. The number of hydrogen-bond acceptors (Lipinski definition) is 0. The summed E-state index contributed by atoms with van der Waals surface area (Å²) in [6, 6.07) is 0. The summed E-state index contributed by atoms with van der Waals surface area (Å²) in [5.41, 5.74) is 11.1. The molecule has 0 saturated heterocycles. The van der Waals surface area contributed by atoms with Crippen molar-refractivity contribution in [1.29, 1.82) is 0 Å². The molecule has 0 atom stereocenters. The van der Waals surface area contributed by atoms with Gasteiger partial charge in [-0.1, -0.05) is 19.1 Å². The molecule has 0 radical (unpaired) electrons. The van der Waals surface area contributed by atoms with Crippen LogP contribution in [-0.4, -0.2) is 0 Å². The van der Waals surface area contributed by atoms with Gasteiger partial charge in [-0.25, -0.2) is 0 Å². The number of hydrogen-bond donors (Lipinski definition) is 0. The molecule has 0 nitrogen and oxygen atoms in total. The second-order valence-corrected chi connectivity index (χ2v) is 5.78. The number of rotatable bonds is 0. The summed E-state index contributed by atoms with van der Waals surface area (Å²) >= 11 is 0. The van der Waals surface area contributed by atoms with Crippen molar-refractivity contribution >= 4 is 0 Å². The second kappa shape index (κ2) is 3.23. The molecule has 84 valence electrons. The lowest BCUT2D eigenvalue weighted by molar-refractivity contribution is 0.626. The minimum absolute atomic E-state index is 0.845. The van der Waals surface area contributed by atoms with E-state index in [-0.39, 0.29) is 0 Å². The first-order chi connectivity index (χ1) is 7.58. The molecule has 1 aromatic carbocycles. The van der Waals surface area contributed by atoms with Crippen LogP contribution in [-0.2, 0) is 25.7 Å². The van der Waals surface area contributed by atoms with Crippen LogP contribution >= 0.6 is 0 Å². The van der Waals surface area contributed by atoms with Crippen LogP contribution in [0, 0.1) is 19.8 Å². The van der Waals surface area contributed by atoms with E-state index in [4.69, 9.17) is 0 Å². The van der Waals surface area contributed by atoms with Crippen LogP contribution in [0.1, 0.15) is 40.3 Å². The van der Waals surface area contributed by atoms with Crippen LogP contribution in [0.25, 0.3) is 0 Å². The molecule has 0 N–H and O–H groups in total. The van der Waals surface area contributed by atoms with Gasteiger partial charge in [0.15, 0.2) is 0 Å². The van der Waals surface area contributed by atoms with Crippen molar-refractivity contribution in [2.75, 3.05) is 0 Å². The van der Waals surface area contributed by atoms with E-state index in [0.717, 1.165) is 18.8 Å². The molecule has 0 spiro atoms. The van der Waals surface area contributed by atoms with Gasteiger partial charge in [0.2, 0.25) is 0 Å². The summed E-state index contributed by atoms with van der Waals surface area (Å²) in [4.78, 5) is 0. The molecule has 0 fully saturated rings. The van der Waals surface area contributed by atoms with E-state index in [1.165, 1.54) is 18.4 Å². The Balaban J connectivity index is 2.26. The van der Waals surface area contributed by atoms with Crippen molar-refractivity contribution in [1.82, 2.24) is 0 Å². The second-order valence-electron chi connectivity index (χ2n) is 5.78. The monoisotopic (exact) mass is 212 g/mol. The quantitative estimate of drug-likeness (QED) is 0.575. The fraction of sp³-hybridized carbons (Fsp3) is 0.500. The van der Waals surface area contributed by atoms with Gasteiger partial charge in [-0.05, 0) is 78.8 Å². The Morgan fingerprint density at radius 2 is 1.31 bits per heavy atom. The van der Waals surface area contributed by atoms with Crippen LogP contribution in [0.5, 0.6) is 0 Å².